The molecule has 0 saturated carbocycles. The van der Waals surface area contributed by atoms with Crippen LogP contribution in [0.4, 0.5) is 4.39 Å². The van der Waals surface area contributed by atoms with E-state index in [9.17, 15) is 4.39 Å². The normalized spacial score (nSPS) is 11.0. The number of benzene rings is 2. The third kappa shape index (κ3) is 3.20. The summed E-state index contributed by atoms with van der Waals surface area (Å²) in [6, 6.07) is 14.9. The molecular weight excluding hydrogens is 287 g/mol. The average molecular weight is 301 g/mol. The Balaban J connectivity index is 1.70. The van der Waals surface area contributed by atoms with Gasteiger partial charge >= 0.3 is 0 Å². The summed E-state index contributed by atoms with van der Waals surface area (Å²) < 4.78 is 13.4. The van der Waals surface area contributed by atoms with Crippen molar-refractivity contribution in [3.63, 3.8) is 0 Å². The van der Waals surface area contributed by atoms with E-state index in [2.05, 4.69) is 10.3 Å². The van der Waals surface area contributed by atoms with Gasteiger partial charge in [0.05, 0.1) is 10.5 Å². The van der Waals surface area contributed by atoms with Crippen LogP contribution in [-0.4, -0.2) is 4.98 Å². The zero-order valence-electron chi connectivity index (χ0n) is 11.3. The molecule has 0 spiro atoms. The third-order valence-corrected chi connectivity index (χ3v) is 3.65. The summed E-state index contributed by atoms with van der Waals surface area (Å²) in [6.07, 6.45) is 1.79. The maximum absolute atomic E-state index is 13.4. The lowest BCUT2D eigenvalue weighted by Crippen LogP contribution is -2.13. The fourth-order valence-electron chi connectivity index (χ4n) is 2.30. The van der Waals surface area contributed by atoms with Crippen LogP contribution in [0.15, 0.2) is 54.7 Å². The molecular formula is C17H14ClFN2. The number of hydrogen-bond acceptors (Lipinski definition) is 2. The Morgan fingerprint density at radius 3 is 2.76 bits per heavy atom. The van der Waals surface area contributed by atoms with Crippen molar-refractivity contribution in [3.8, 4) is 0 Å². The maximum atomic E-state index is 13.4. The van der Waals surface area contributed by atoms with Crippen molar-refractivity contribution < 1.29 is 4.39 Å². The number of fused-ring (bicyclic) bond motifs is 1. The predicted molar refractivity (Wildman–Crippen MR) is 83.7 cm³/mol. The lowest BCUT2D eigenvalue weighted by atomic mass is 10.1. The zero-order valence-corrected chi connectivity index (χ0v) is 12.1. The molecule has 0 fully saturated rings. The van der Waals surface area contributed by atoms with Gasteiger partial charge in [0.1, 0.15) is 5.82 Å². The monoisotopic (exact) mass is 300 g/mol. The smallest absolute Gasteiger partial charge is 0.142 e. The Labute approximate surface area is 127 Å². The van der Waals surface area contributed by atoms with E-state index in [4.69, 9.17) is 11.6 Å². The minimum absolute atomic E-state index is 0.150. The van der Waals surface area contributed by atoms with Gasteiger partial charge in [0.15, 0.2) is 0 Å². The summed E-state index contributed by atoms with van der Waals surface area (Å²) in [6.45, 7) is 1.26. The van der Waals surface area contributed by atoms with Crippen LogP contribution in [-0.2, 0) is 13.1 Å². The van der Waals surface area contributed by atoms with E-state index in [0.717, 1.165) is 22.0 Å². The number of rotatable bonds is 4. The summed E-state index contributed by atoms with van der Waals surface area (Å²) >= 11 is 5.67. The summed E-state index contributed by atoms with van der Waals surface area (Å²) in [5.74, 6) is -0.386. The van der Waals surface area contributed by atoms with E-state index in [1.807, 2.05) is 36.4 Å². The molecule has 0 aliphatic heterocycles. The number of nitrogens with zero attached hydrogens (tertiary/aromatic N) is 1. The number of hydrogen-bond donors (Lipinski definition) is 1. The molecule has 4 heteroatoms. The van der Waals surface area contributed by atoms with Gasteiger partial charge in [0.2, 0.25) is 0 Å². The molecule has 0 aliphatic carbocycles. The highest BCUT2D eigenvalue weighted by atomic mass is 35.5. The van der Waals surface area contributed by atoms with Gasteiger partial charge in [-0.3, -0.25) is 4.98 Å². The molecule has 2 nitrogen and oxygen atoms in total. The van der Waals surface area contributed by atoms with Crippen LogP contribution in [0.5, 0.6) is 0 Å². The van der Waals surface area contributed by atoms with E-state index in [0.29, 0.717) is 13.1 Å². The lowest BCUT2D eigenvalue weighted by molar-refractivity contribution is 0.620. The van der Waals surface area contributed by atoms with Gasteiger partial charge < -0.3 is 5.32 Å². The second-order valence-corrected chi connectivity index (χ2v) is 5.25. The molecule has 0 saturated heterocycles. The molecule has 0 radical (unpaired) electrons. The fourth-order valence-corrected chi connectivity index (χ4v) is 2.42. The Morgan fingerprint density at radius 2 is 1.90 bits per heavy atom. The predicted octanol–water partition coefficient (Wildman–Crippen LogP) is 4.32. The second-order valence-electron chi connectivity index (χ2n) is 4.84. The number of pyridine rings is 1. The third-order valence-electron chi connectivity index (χ3n) is 3.34. The van der Waals surface area contributed by atoms with Crippen LogP contribution in [0, 0.1) is 5.82 Å². The first-order valence-corrected chi connectivity index (χ1v) is 7.09. The molecule has 2 aromatic carbocycles. The summed E-state index contributed by atoms with van der Waals surface area (Å²) in [5, 5.41) is 4.58. The van der Waals surface area contributed by atoms with E-state index in [-0.39, 0.29) is 10.8 Å². The van der Waals surface area contributed by atoms with Gasteiger partial charge in [-0.05, 0) is 29.3 Å². The maximum Gasteiger partial charge on any atom is 0.142 e. The molecule has 0 unspecified atom stereocenters. The summed E-state index contributed by atoms with van der Waals surface area (Å²) in [5.41, 5.74) is 2.99. The lowest BCUT2D eigenvalue weighted by Gasteiger charge is -2.08. The van der Waals surface area contributed by atoms with Crippen molar-refractivity contribution >= 4 is 22.5 Å². The van der Waals surface area contributed by atoms with Gasteiger partial charge in [0, 0.05) is 24.7 Å². The number of nitrogens with one attached hydrogen (secondary N) is 1. The SMILES string of the molecule is Fc1cc(CNCc2cccc3cccnc23)ccc1Cl. The second kappa shape index (κ2) is 6.20. The fraction of sp³-hybridized carbons (Fsp3) is 0.118. The number of aromatic nitrogens is 1. The minimum Gasteiger partial charge on any atom is -0.309 e. The van der Waals surface area contributed by atoms with E-state index in [1.54, 1.807) is 12.3 Å². The molecule has 1 aromatic heterocycles. The first-order valence-electron chi connectivity index (χ1n) is 6.71. The van der Waals surface area contributed by atoms with Crippen LogP contribution in [0.3, 0.4) is 0 Å². The molecule has 1 heterocycles. The summed E-state index contributed by atoms with van der Waals surface area (Å²) in [4.78, 5) is 4.42. The van der Waals surface area contributed by atoms with Crippen molar-refractivity contribution in [2.45, 2.75) is 13.1 Å². The Kier molecular flexibility index (Phi) is 4.13. The van der Waals surface area contributed by atoms with Crippen LogP contribution in [0.2, 0.25) is 5.02 Å². The molecule has 0 bridgehead atoms. The molecule has 0 amide bonds. The van der Waals surface area contributed by atoms with Crippen LogP contribution in [0.1, 0.15) is 11.1 Å². The molecule has 3 rings (SSSR count). The largest absolute Gasteiger partial charge is 0.309 e. The molecule has 3 aromatic rings. The zero-order chi connectivity index (χ0) is 14.7. The van der Waals surface area contributed by atoms with Crippen LogP contribution < -0.4 is 5.32 Å². The molecule has 1 N–H and O–H groups in total. The Morgan fingerprint density at radius 1 is 1.05 bits per heavy atom. The molecule has 21 heavy (non-hydrogen) atoms. The summed E-state index contributed by atoms with van der Waals surface area (Å²) in [7, 11) is 0. The van der Waals surface area contributed by atoms with E-state index >= 15 is 0 Å². The van der Waals surface area contributed by atoms with Crippen molar-refractivity contribution in [2.24, 2.45) is 0 Å². The van der Waals surface area contributed by atoms with Crippen molar-refractivity contribution in [2.75, 3.05) is 0 Å². The molecule has 0 atom stereocenters. The standard InChI is InChI=1S/C17H14ClFN2/c18-15-7-6-12(9-16(15)19)10-20-11-14-4-1-3-13-5-2-8-21-17(13)14/h1-9,20H,10-11H2. The van der Waals surface area contributed by atoms with Crippen LogP contribution >= 0.6 is 11.6 Å². The highest BCUT2D eigenvalue weighted by Gasteiger charge is 2.03. The topological polar surface area (TPSA) is 24.9 Å². The Hall–Kier alpha value is -1.97. The van der Waals surface area contributed by atoms with Gasteiger partial charge in [-0.25, -0.2) is 4.39 Å². The molecule has 106 valence electrons. The van der Waals surface area contributed by atoms with Crippen molar-refractivity contribution in [1.82, 2.24) is 10.3 Å². The first kappa shape index (κ1) is 14.0. The first-order chi connectivity index (χ1) is 10.2. The number of para-hydroxylation sites is 1. The van der Waals surface area contributed by atoms with E-state index < -0.39 is 0 Å². The molecule has 0 aliphatic rings. The van der Waals surface area contributed by atoms with Gasteiger partial charge in [-0.2, -0.15) is 0 Å². The van der Waals surface area contributed by atoms with Crippen molar-refractivity contribution in [3.05, 3.63) is 76.7 Å². The van der Waals surface area contributed by atoms with E-state index in [1.165, 1.54) is 6.07 Å². The van der Waals surface area contributed by atoms with Crippen LogP contribution in [0.25, 0.3) is 10.9 Å². The van der Waals surface area contributed by atoms with Crippen molar-refractivity contribution in [1.29, 1.82) is 0 Å². The minimum atomic E-state index is -0.386. The van der Waals surface area contributed by atoms with Gasteiger partial charge in [-0.1, -0.05) is 41.9 Å². The van der Waals surface area contributed by atoms with Gasteiger partial charge in [-0.15, -0.1) is 0 Å². The van der Waals surface area contributed by atoms with Gasteiger partial charge in [0.25, 0.3) is 0 Å². The number of halogens is 2. The Bertz CT molecular complexity index is 768. The average Bonchev–Trinajstić information content (AvgIpc) is 2.51. The highest BCUT2D eigenvalue weighted by molar-refractivity contribution is 6.30. The quantitative estimate of drug-likeness (QED) is 0.776. The highest BCUT2D eigenvalue weighted by Crippen LogP contribution is 2.17.